The number of ether oxygens (including phenoxy) is 1. The van der Waals surface area contributed by atoms with E-state index in [1.54, 1.807) is 13.1 Å². The van der Waals surface area contributed by atoms with E-state index in [-0.39, 0.29) is 6.61 Å². The van der Waals surface area contributed by atoms with Gasteiger partial charge in [-0.15, -0.1) is 0 Å². The number of carboxylic acids is 1. The molecular formula is C15H20FNO4. The molecule has 0 amide bonds. The van der Waals surface area contributed by atoms with Crippen molar-refractivity contribution >= 4 is 12.0 Å². The molecule has 0 aromatic heterocycles. The predicted octanol–water partition coefficient (Wildman–Crippen LogP) is 1.36. The van der Waals surface area contributed by atoms with Gasteiger partial charge >= 0.3 is 5.97 Å². The number of nitrogens with zero attached hydrogens (tertiary/aromatic N) is 1. The normalized spacial score (nSPS) is 13.0. The lowest BCUT2D eigenvalue weighted by Crippen LogP contribution is -2.31. The zero-order valence-electron chi connectivity index (χ0n) is 12.1. The number of hydrogen-bond donors (Lipinski definition) is 2. The molecule has 21 heavy (non-hydrogen) atoms. The van der Waals surface area contributed by atoms with Crippen LogP contribution in [0, 0.1) is 5.82 Å². The van der Waals surface area contributed by atoms with Gasteiger partial charge in [0.2, 0.25) is 0 Å². The molecule has 0 spiro atoms. The van der Waals surface area contributed by atoms with Gasteiger partial charge in [0.15, 0.2) is 0 Å². The van der Waals surface area contributed by atoms with Crippen molar-refractivity contribution in [1.82, 2.24) is 4.90 Å². The molecule has 1 unspecified atom stereocenters. The quantitative estimate of drug-likeness (QED) is 0.709. The topological polar surface area (TPSA) is 70.0 Å². The van der Waals surface area contributed by atoms with Crippen molar-refractivity contribution in [1.29, 1.82) is 0 Å². The van der Waals surface area contributed by atoms with Crippen LogP contribution in [-0.2, 0) is 16.1 Å². The van der Waals surface area contributed by atoms with Gasteiger partial charge in [0, 0.05) is 26.3 Å². The number of aliphatic hydroxyl groups excluding tert-OH is 1. The SMILES string of the molecule is COCC(O)CN(C)Cc1cc(F)cc(C=CC(=O)O)c1. The zero-order valence-corrected chi connectivity index (χ0v) is 12.1. The minimum Gasteiger partial charge on any atom is -0.478 e. The van der Waals surface area contributed by atoms with Crippen LogP contribution in [0.25, 0.3) is 6.08 Å². The first-order valence-electron chi connectivity index (χ1n) is 6.46. The minimum atomic E-state index is -1.08. The summed E-state index contributed by atoms with van der Waals surface area (Å²) in [5, 5.41) is 18.2. The number of rotatable bonds is 8. The maximum Gasteiger partial charge on any atom is 0.328 e. The van der Waals surface area contributed by atoms with Crippen LogP contribution in [0.4, 0.5) is 4.39 Å². The van der Waals surface area contributed by atoms with E-state index in [1.165, 1.54) is 25.3 Å². The van der Waals surface area contributed by atoms with Crippen LogP contribution in [0.3, 0.4) is 0 Å². The highest BCUT2D eigenvalue weighted by Gasteiger charge is 2.09. The number of aliphatic carboxylic acids is 1. The first-order chi connectivity index (χ1) is 9.90. The molecular weight excluding hydrogens is 277 g/mol. The smallest absolute Gasteiger partial charge is 0.328 e. The summed E-state index contributed by atoms with van der Waals surface area (Å²) >= 11 is 0. The molecule has 0 heterocycles. The summed E-state index contributed by atoms with van der Waals surface area (Å²) < 4.78 is 18.4. The van der Waals surface area contributed by atoms with Gasteiger partial charge in [0.05, 0.1) is 12.7 Å². The molecule has 6 heteroatoms. The molecule has 0 saturated carbocycles. The Labute approximate surface area is 123 Å². The van der Waals surface area contributed by atoms with Crippen molar-refractivity contribution in [2.24, 2.45) is 0 Å². The lowest BCUT2D eigenvalue weighted by molar-refractivity contribution is -0.131. The van der Waals surface area contributed by atoms with Gasteiger partial charge in [-0.2, -0.15) is 0 Å². The lowest BCUT2D eigenvalue weighted by Gasteiger charge is -2.20. The fourth-order valence-electron chi connectivity index (χ4n) is 2.01. The molecule has 0 aliphatic rings. The summed E-state index contributed by atoms with van der Waals surface area (Å²) in [6.07, 6.45) is 1.69. The van der Waals surface area contributed by atoms with Crippen LogP contribution in [0.5, 0.6) is 0 Å². The third-order valence-electron chi connectivity index (χ3n) is 2.73. The summed E-state index contributed by atoms with van der Waals surface area (Å²) in [5.41, 5.74) is 1.19. The second kappa shape index (κ2) is 8.51. The second-order valence-corrected chi connectivity index (χ2v) is 4.87. The molecule has 0 aliphatic heterocycles. The average Bonchev–Trinajstić information content (AvgIpc) is 2.35. The fourth-order valence-corrected chi connectivity index (χ4v) is 2.01. The molecule has 0 bridgehead atoms. The molecule has 0 fully saturated rings. The maximum absolute atomic E-state index is 13.5. The molecule has 5 nitrogen and oxygen atoms in total. The van der Waals surface area contributed by atoms with Gasteiger partial charge in [0.1, 0.15) is 5.82 Å². The van der Waals surface area contributed by atoms with Crippen LogP contribution in [-0.4, -0.2) is 54.5 Å². The highest BCUT2D eigenvalue weighted by Crippen LogP contribution is 2.13. The van der Waals surface area contributed by atoms with Gasteiger partial charge in [-0.25, -0.2) is 9.18 Å². The molecule has 1 aromatic rings. The van der Waals surface area contributed by atoms with E-state index in [9.17, 15) is 14.3 Å². The Bertz CT molecular complexity index is 504. The van der Waals surface area contributed by atoms with Crippen molar-refractivity contribution in [2.75, 3.05) is 27.3 Å². The number of carbonyl (C=O) groups is 1. The highest BCUT2D eigenvalue weighted by molar-refractivity contribution is 5.85. The summed E-state index contributed by atoms with van der Waals surface area (Å²) in [6.45, 7) is 1.07. The average molecular weight is 297 g/mol. The summed E-state index contributed by atoms with van der Waals surface area (Å²) in [7, 11) is 3.31. The summed E-state index contributed by atoms with van der Waals surface area (Å²) in [5.74, 6) is -1.51. The number of hydrogen-bond acceptors (Lipinski definition) is 4. The third-order valence-corrected chi connectivity index (χ3v) is 2.73. The maximum atomic E-state index is 13.5. The number of aliphatic hydroxyl groups is 1. The Morgan fingerprint density at radius 2 is 2.19 bits per heavy atom. The number of halogens is 1. The van der Waals surface area contributed by atoms with E-state index in [0.29, 0.717) is 24.2 Å². The minimum absolute atomic E-state index is 0.236. The van der Waals surface area contributed by atoms with Crippen molar-refractivity contribution in [3.63, 3.8) is 0 Å². The largest absolute Gasteiger partial charge is 0.478 e. The van der Waals surface area contributed by atoms with Gasteiger partial charge in [-0.05, 0) is 36.4 Å². The van der Waals surface area contributed by atoms with Gasteiger partial charge < -0.3 is 14.9 Å². The molecule has 2 N–H and O–H groups in total. The molecule has 1 aromatic carbocycles. The summed E-state index contributed by atoms with van der Waals surface area (Å²) in [4.78, 5) is 12.3. The van der Waals surface area contributed by atoms with Crippen LogP contribution < -0.4 is 0 Å². The van der Waals surface area contributed by atoms with E-state index in [0.717, 1.165) is 6.08 Å². The Morgan fingerprint density at radius 1 is 1.48 bits per heavy atom. The molecule has 0 aliphatic carbocycles. The second-order valence-electron chi connectivity index (χ2n) is 4.87. The third kappa shape index (κ3) is 6.99. The van der Waals surface area contributed by atoms with Crippen LogP contribution in [0.2, 0.25) is 0 Å². The number of methoxy groups -OCH3 is 1. The lowest BCUT2D eigenvalue weighted by atomic mass is 10.1. The fraction of sp³-hybridized carbons (Fsp3) is 0.400. The standard InChI is InChI=1S/C15H20FNO4/c1-17(9-14(18)10-21-2)8-12-5-11(3-4-15(19)20)6-13(16)7-12/h3-7,14,18H,8-10H2,1-2H3,(H,19,20). The van der Waals surface area contributed by atoms with Crippen molar-refractivity contribution in [2.45, 2.75) is 12.6 Å². The zero-order chi connectivity index (χ0) is 15.8. The van der Waals surface area contributed by atoms with E-state index in [4.69, 9.17) is 9.84 Å². The van der Waals surface area contributed by atoms with Gasteiger partial charge in [-0.1, -0.05) is 6.07 Å². The highest BCUT2D eigenvalue weighted by atomic mass is 19.1. The van der Waals surface area contributed by atoms with E-state index < -0.39 is 17.9 Å². The molecule has 1 rings (SSSR count). The number of carboxylic acid groups (broad SMARTS) is 1. The Balaban J connectivity index is 2.72. The summed E-state index contributed by atoms with van der Waals surface area (Å²) in [6, 6.07) is 4.36. The molecule has 116 valence electrons. The van der Waals surface area contributed by atoms with Crippen LogP contribution >= 0.6 is 0 Å². The van der Waals surface area contributed by atoms with Crippen molar-refractivity contribution < 1.29 is 24.1 Å². The molecule has 0 saturated heterocycles. The molecule has 0 radical (unpaired) electrons. The first-order valence-corrected chi connectivity index (χ1v) is 6.46. The van der Waals surface area contributed by atoms with E-state index in [2.05, 4.69) is 0 Å². The Kier molecular flexibility index (Phi) is 7.01. The predicted molar refractivity (Wildman–Crippen MR) is 77.3 cm³/mol. The number of likely N-dealkylation sites (N-methyl/N-ethyl adjacent to an activating group) is 1. The Morgan fingerprint density at radius 3 is 2.81 bits per heavy atom. The first kappa shape index (κ1) is 17.3. The van der Waals surface area contributed by atoms with Crippen molar-refractivity contribution in [3.05, 3.63) is 41.2 Å². The van der Waals surface area contributed by atoms with Gasteiger partial charge in [-0.3, -0.25) is 4.90 Å². The monoisotopic (exact) mass is 297 g/mol. The number of benzene rings is 1. The molecule has 1 atom stereocenters. The van der Waals surface area contributed by atoms with E-state index >= 15 is 0 Å². The van der Waals surface area contributed by atoms with Crippen molar-refractivity contribution in [3.8, 4) is 0 Å². The van der Waals surface area contributed by atoms with Gasteiger partial charge in [0.25, 0.3) is 0 Å². The van der Waals surface area contributed by atoms with Crippen LogP contribution in [0.15, 0.2) is 24.3 Å². The van der Waals surface area contributed by atoms with Crippen LogP contribution in [0.1, 0.15) is 11.1 Å². The Hall–Kier alpha value is -1.76. The van der Waals surface area contributed by atoms with E-state index in [1.807, 2.05) is 4.90 Å².